The normalized spacial score (nSPS) is 21.6. The van der Waals surface area contributed by atoms with Crippen molar-refractivity contribution >= 4 is 49.0 Å². The lowest BCUT2D eigenvalue weighted by molar-refractivity contribution is -0.136. The summed E-state index contributed by atoms with van der Waals surface area (Å²) >= 11 is 0.244. The minimum absolute atomic E-state index is 0. The van der Waals surface area contributed by atoms with Gasteiger partial charge in [0.05, 0.1) is 30.0 Å². The van der Waals surface area contributed by atoms with Crippen molar-refractivity contribution in [2.75, 3.05) is 25.0 Å². The number of carbonyl (C=O) groups is 1. The fourth-order valence-corrected chi connectivity index (χ4v) is 5.98. The lowest BCUT2D eigenvalue weighted by Crippen LogP contribution is -2.52. The Morgan fingerprint density at radius 2 is 2.06 bits per heavy atom. The maximum absolute atomic E-state index is 13.3. The first-order chi connectivity index (χ1) is 16.8. The Hall–Kier alpha value is -2.62. The van der Waals surface area contributed by atoms with Crippen molar-refractivity contribution in [2.24, 2.45) is 0 Å². The first-order valence-corrected chi connectivity index (χ1v) is 13.4. The molecule has 1 aliphatic heterocycles. The molecule has 2 atom stereocenters. The van der Waals surface area contributed by atoms with E-state index in [2.05, 4.69) is 15.0 Å². The molecule has 1 amide bonds. The number of nitrogens with zero attached hydrogens (tertiary/aromatic N) is 3. The minimum Gasteiger partial charge on any atom is -0.364 e. The fourth-order valence-electron chi connectivity index (χ4n) is 3.95. The molecule has 1 saturated carbocycles. The number of halogens is 2. The van der Waals surface area contributed by atoms with Crippen molar-refractivity contribution < 1.29 is 29.6 Å². The Bertz CT molecular complexity index is 1340. The van der Waals surface area contributed by atoms with Crippen LogP contribution in [0, 0.1) is 10.8 Å². The number of thioether (sulfide) groups is 1. The lowest BCUT2D eigenvalue weighted by atomic mass is 10.1. The van der Waals surface area contributed by atoms with Gasteiger partial charge in [-0.25, -0.2) is 26.9 Å². The molecule has 2 aromatic rings. The molecule has 0 spiro atoms. The Balaban J connectivity index is 0.00000253. The van der Waals surface area contributed by atoms with E-state index in [0.717, 1.165) is 0 Å². The molecule has 2 aromatic heterocycles. The molecular weight excluding hydrogens is 516 g/mol. The number of aromatic nitrogens is 2. The van der Waals surface area contributed by atoms with E-state index in [1.165, 1.54) is 29.9 Å². The van der Waals surface area contributed by atoms with Crippen LogP contribution in [0.2, 0.25) is 0 Å². The summed E-state index contributed by atoms with van der Waals surface area (Å²) in [6.45, 7) is 4.07. The van der Waals surface area contributed by atoms with Gasteiger partial charge < -0.3 is 15.0 Å². The summed E-state index contributed by atoms with van der Waals surface area (Å²) in [5.74, 6) is -0.409. The van der Waals surface area contributed by atoms with Crippen LogP contribution in [0.5, 0.6) is 0 Å². The molecule has 11 nitrogen and oxygen atoms in total. The number of hydrogen-bond donors (Lipinski definition) is 4. The maximum Gasteiger partial charge on any atom is 0.285 e. The SMILES string of the molecule is CNC(=O)[C@@H]1CN(c2cc(S(=O)(=O)NC3(C)CC3)cn3c(C(=N)SC(=N)C(F)F)ncc23)C[C@@H](C)O1.[HH].[HH]. The summed E-state index contributed by atoms with van der Waals surface area (Å²) in [5.41, 5.74) is 0.307. The highest BCUT2D eigenvalue weighted by Crippen LogP contribution is 2.37. The predicted molar refractivity (Wildman–Crippen MR) is 136 cm³/mol. The van der Waals surface area contributed by atoms with Gasteiger partial charge in [-0.3, -0.25) is 20.0 Å². The molecule has 3 heterocycles. The van der Waals surface area contributed by atoms with Crippen molar-refractivity contribution in [2.45, 2.75) is 55.8 Å². The summed E-state index contributed by atoms with van der Waals surface area (Å²) in [6, 6.07) is 1.48. The van der Waals surface area contributed by atoms with Gasteiger partial charge in [-0.15, -0.1) is 0 Å². The molecule has 4 N–H and O–H groups in total. The first-order valence-electron chi connectivity index (χ1n) is 11.1. The van der Waals surface area contributed by atoms with Crippen LogP contribution in [0.15, 0.2) is 23.4 Å². The van der Waals surface area contributed by atoms with Crippen LogP contribution in [0.25, 0.3) is 5.52 Å². The number of likely N-dealkylation sites (N-methyl/N-ethyl adjacent to an activating group) is 1. The second kappa shape index (κ2) is 9.68. The monoisotopic (exact) mass is 547 g/mol. The van der Waals surface area contributed by atoms with E-state index in [9.17, 15) is 22.0 Å². The largest absolute Gasteiger partial charge is 0.364 e. The molecule has 15 heteroatoms. The molecule has 2 aliphatic rings. The summed E-state index contributed by atoms with van der Waals surface area (Å²) in [5, 5.41) is 16.8. The van der Waals surface area contributed by atoms with Gasteiger partial charge in [-0.05, 0) is 44.5 Å². The van der Waals surface area contributed by atoms with Crippen LogP contribution in [-0.4, -0.2) is 78.1 Å². The van der Waals surface area contributed by atoms with Gasteiger partial charge in [0.25, 0.3) is 12.3 Å². The number of fused-ring (bicyclic) bond motifs is 1. The third-order valence-electron chi connectivity index (χ3n) is 6.04. The van der Waals surface area contributed by atoms with Gasteiger partial charge in [0.15, 0.2) is 11.9 Å². The highest BCUT2D eigenvalue weighted by atomic mass is 32.2. The smallest absolute Gasteiger partial charge is 0.285 e. The third kappa shape index (κ3) is 5.38. The number of pyridine rings is 1. The van der Waals surface area contributed by atoms with Gasteiger partial charge in [0, 0.05) is 28.2 Å². The van der Waals surface area contributed by atoms with E-state index in [0.29, 0.717) is 30.6 Å². The number of rotatable bonds is 7. The highest BCUT2D eigenvalue weighted by molar-refractivity contribution is 8.26. The van der Waals surface area contributed by atoms with Crippen molar-refractivity contribution in [3.8, 4) is 0 Å². The third-order valence-corrected chi connectivity index (χ3v) is 8.43. The number of imidazole rings is 1. The van der Waals surface area contributed by atoms with Gasteiger partial charge in [0.2, 0.25) is 10.0 Å². The molecule has 0 bridgehead atoms. The Labute approximate surface area is 214 Å². The number of anilines is 1. The van der Waals surface area contributed by atoms with Crippen LogP contribution in [0.1, 0.15) is 35.4 Å². The van der Waals surface area contributed by atoms with Gasteiger partial charge >= 0.3 is 0 Å². The zero-order chi connectivity index (χ0) is 26.4. The molecule has 0 radical (unpaired) electrons. The van der Waals surface area contributed by atoms with Crippen LogP contribution in [-0.2, 0) is 19.6 Å². The van der Waals surface area contributed by atoms with E-state index >= 15 is 0 Å². The number of nitrogens with one attached hydrogen (secondary N) is 4. The maximum atomic E-state index is 13.3. The molecule has 1 saturated heterocycles. The number of ether oxygens (including phenoxy) is 1. The number of carbonyl (C=O) groups excluding carboxylic acids is 1. The van der Waals surface area contributed by atoms with Crippen LogP contribution < -0.4 is 14.9 Å². The van der Waals surface area contributed by atoms with E-state index < -0.39 is 38.2 Å². The zero-order valence-corrected chi connectivity index (χ0v) is 21.5. The average molecular weight is 548 g/mol. The summed E-state index contributed by atoms with van der Waals surface area (Å²) in [6.07, 6.45) is -0.109. The lowest BCUT2D eigenvalue weighted by Gasteiger charge is -2.37. The minimum atomic E-state index is -3.99. The standard InChI is InChI=1S/C21H27F2N7O4S2.2H2/c1-11-8-29(10-15(34-11)20(31)26-3)13-6-12(36(32,33)28-21(2)4-5-21)9-30-14(13)7-27-19(30)18(25)35-17(24)16(22)23;;/h6-7,9,11,15-16,24-25,28H,4-5,8,10H2,1-3H3,(H,26,31);2*1H/t11-,15+;;/m1../s1. The second-order valence-electron chi connectivity index (χ2n) is 9.11. The molecule has 200 valence electrons. The van der Waals surface area contributed by atoms with Gasteiger partial charge in [0.1, 0.15) is 15.0 Å². The van der Waals surface area contributed by atoms with Crippen LogP contribution in [0.4, 0.5) is 14.5 Å². The summed E-state index contributed by atoms with van der Waals surface area (Å²) in [4.78, 5) is 18.2. The predicted octanol–water partition coefficient (Wildman–Crippen LogP) is 2.30. The second-order valence-corrected chi connectivity index (χ2v) is 11.8. The number of amides is 1. The molecule has 0 unspecified atom stereocenters. The number of hydrogen-bond acceptors (Lipinski definition) is 9. The average Bonchev–Trinajstić information content (AvgIpc) is 3.36. The first kappa shape index (κ1) is 26.4. The highest BCUT2D eigenvalue weighted by Gasteiger charge is 2.42. The van der Waals surface area contributed by atoms with Crippen molar-refractivity contribution in [1.29, 1.82) is 10.8 Å². The molecule has 1 aliphatic carbocycles. The number of alkyl halides is 2. The molecule has 2 fully saturated rings. The zero-order valence-electron chi connectivity index (χ0n) is 19.8. The van der Waals surface area contributed by atoms with Crippen molar-refractivity contribution in [3.63, 3.8) is 0 Å². The summed E-state index contributed by atoms with van der Waals surface area (Å²) in [7, 11) is -2.49. The number of morpholine rings is 1. The van der Waals surface area contributed by atoms with Gasteiger partial charge in [-0.2, -0.15) is 0 Å². The number of sulfonamides is 1. The molecule has 4 rings (SSSR count). The Kier molecular flexibility index (Phi) is 7.11. The van der Waals surface area contributed by atoms with E-state index in [-0.39, 0.29) is 43.9 Å². The van der Waals surface area contributed by atoms with Gasteiger partial charge in [-0.1, -0.05) is 0 Å². The Morgan fingerprint density at radius 1 is 1.36 bits per heavy atom. The van der Waals surface area contributed by atoms with E-state index in [4.69, 9.17) is 15.6 Å². The van der Waals surface area contributed by atoms with Crippen LogP contribution >= 0.6 is 11.8 Å². The molecule has 0 aromatic carbocycles. The van der Waals surface area contributed by atoms with E-state index in [1.807, 2.05) is 4.90 Å². The molecule has 36 heavy (non-hydrogen) atoms. The van der Waals surface area contributed by atoms with Crippen molar-refractivity contribution in [3.05, 3.63) is 24.3 Å². The Morgan fingerprint density at radius 3 is 2.67 bits per heavy atom. The molecular formula is C21H31F2N7O4S2. The van der Waals surface area contributed by atoms with Crippen LogP contribution in [0.3, 0.4) is 0 Å². The van der Waals surface area contributed by atoms with E-state index in [1.54, 1.807) is 13.8 Å². The quantitative estimate of drug-likeness (QED) is 0.306. The van der Waals surface area contributed by atoms with Crippen molar-refractivity contribution in [1.82, 2.24) is 19.4 Å². The summed E-state index contributed by atoms with van der Waals surface area (Å²) < 4.78 is 62.1. The topological polar surface area (TPSA) is 153 Å². The fraction of sp³-hybridized carbons (Fsp3) is 0.524.